The zero-order chi connectivity index (χ0) is 18.6. The summed E-state index contributed by atoms with van der Waals surface area (Å²) in [5.41, 5.74) is 2.52. The molecular formula is C20H35IN4O2. The zero-order valence-corrected chi connectivity index (χ0v) is 18.9. The first kappa shape index (κ1) is 24.1. The summed E-state index contributed by atoms with van der Waals surface area (Å²) in [4.78, 5) is 7.06. The Balaban J connectivity index is 0.00000364. The lowest BCUT2D eigenvalue weighted by Crippen LogP contribution is -2.38. The average molecular weight is 490 g/mol. The lowest BCUT2D eigenvalue weighted by Gasteiger charge is -2.29. The lowest BCUT2D eigenvalue weighted by molar-refractivity contribution is 0.0792. The molecule has 0 spiro atoms. The quantitative estimate of drug-likeness (QED) is 0.215. The van der Waals surface area contributed by atoms with Gasteiger partial charge in [-0.15, -0.1) is 24.0 Å². The molecule has 0 unspecified atom stereocenters. The number of aliphatic hydroxyl groups excluding tert-OH is 1. The number of rotatable bonds is 9. The number of nitrogens with one attached hydrogen (secondary N) is 2. The van der Waals surface area contributed by atoms with E-state index in [4.69, 9.17) is 4.74 Å². The van der Waals surface area contributed by atoms with Gasteiger partial charge in [-0.1, -0.05) is 24.3 Å². The summed E-state index contributed by atoms with van der Waals surface area (Å²) in [6, 6.07) is 8.70. The van der Waals surface area contributed by atoms with Gasteiger partial charge in [0.15, 0.2) is 5.96 Å². The van der Waals surface area contributed by atoms with E-state index in [1.165, 1.54) is 11.1 Å². The van der Waals surface area contributed by atoms with E-state index in [1.807, 2.05) is 0 Å². The normalized spacial score (nSPS) is 16.0. The Bertz CT molecular complexity index is 531. The first-order valence-corrected chi connectivity index (χ1v) is 9.70. The third-order valence-electron chi connectivity index (χ3n) is 4.57. The molecule has 1 aliphatic rings. The van der Waals surface area contributed by atoms with Crippen LogP contribution < -0.4 is 10.6 Å². The first-order chi connectivity index (χ1) is 12.7. The molecule has 0 saturated carbocycles. The third-order valence-corrected chi connectivity index (χ3v) is 4.57. The summed E-state index contributed by atoms with van der Waals surface area (Å²) < 4.78 is 5.07. The van der Waals surface area contributed by atoms with Gasteiger partial charge in [0.25, 0.3) is 0 Å². The van der Waals surface area contributed by atoms with Crippen molar-refractivity contribution in [2.45, 2.75) is 45.4 Å². The Morgan fingerprint density at radius 1 is 1.19 bits per heavy atom. The third kappa shape index (κ3) is 9.73. The number of aliphatic imine (C=N–C) groups is 1. The van der Waals surface area contributed by atoms with Gasteiger partial charge >= 0.3 is 0 Å². The van der Waals surface area contributed by atoms with Crippen LogP contribution in [0.2, 0.25) is 0 Å². The van der Waals surface area contributed by atoms with Crippen LogP contribution in [-0.4, -0.2) is 62.0 Å². The van der Waals surface area contributed by atoms with Crippen LogP contribution in [0.1, 0.15) is 37.3 Å². The molecule has 7 heteroatoms. The fourth-order valence-electron chi connectivity index (χ4n) is 3.02. The van der Waals surface area contributed by atoms with Gasteiger partial charge in [-0.2, -0.15) is 0 Å². The van der Waals surface area contributed by atoms with Crippen LogP contribution in [0.15, 0.2) is 29.3 Å². The molecule has 0 aliphatic carbocycles. The predicted molar refractivity (Wildman–Crippen MR) is 122 cm³/mol. The second kappa shape index (κ2) is 14.1. The van der Waals surface area contributed by atoms with Gasteiger partial charge in [0, 0.05) is 46.4 Å². The minimum atomic E-state index is -0.111. The molecule has 0 atom stereocenters. The molecule has 6 nitrogen and oxygen atoms in total. The number of methoxy groups -OCH3 is 1. The van der Waals surface area contributed by atoms with Gasteiger partial charge in [0.2, 0.25) is 0 Å². The number of piperidine rings is 1. The average Bonchev–Trinajstić information content (AvgIpc) is 2.66. The summed E-state index contributed by atoms with van der Waals surface area (Å²) in [6.45, 7) is 8.10. The maximum Gasteiger partial charge on any atom is 0.191 e. The van der Waals surface area contributed by atoms with E-state index in [1.54, 1.807) is 7.11 Å². The Hall–Kier alpha value is -0.900. The summed E-state index contributed by atoms with van der Waals surface area (Å²) >= 11 is 0. The van der Waals surface area contributed by atoms with Crippen LogP contribution in [0.3, 0.4) is 0 Å². The van der Waals surface area contributed by atoms with Gasteiger partial charge in [-0.25, -0.2) is 4.99 Å². The highest BCUT2D eigenvalue weighted by Gasteiger charge is 2.16. The Kier molecular flexibility index (Phi) is 12.6. The van der Waals surface area contributed by atoms with Crippen molar-refractivity contribution in [3.63, 3.8) is 0 Å². The maximum atomic E-state index is 9.60. The fraction of sp³-hybridized carbons (Fsp3) is 0.650. The summed E-state index contributed by atoms with van der Waals surface area (Å²) in [6.07, 6.45) is 2.62. The van der Waals surface area contributed by atoms with E-state index in [0.29, 0.717) is 6.54 Å². The molecule has 1 aliphatic heterocycles. The number of aliphatic hydroxyl groups is 1. The molecular weight excluding hydrogens is 455 g/mol. The van der Waals surface area contributed by atoms with Crippen LogP contribution in [0, 0.1) is 0 Å². The highest BCUT2D eigenvalue weighted by atomic mass is 127. The van der Waals surface area contributed by atoms with Crippen LogP contribution in [0.5, 0.6) is 0 Å². The van der Waals surface area contributed by atoms with Crippen molar-refractivity contribution in [2.24, 2.45) is 4.99 Å². The van der Waals surface area contributed by atoms with E-state index in [0.717, 1.165) is 64.6 Å². The van der Waals surface area contributed by atoms with E-state index in [-0.39, 0.29) is 30.1 Å². The largest absolute Gasteiger partial charge is 0.393 e. The second-order valence-corrected chi connectivity index (χ2v) is 6.79. The van der Waals surface area contributed by atoms with E-state index in [2.05, 4.69) is 51.7 Å². The molecule has 3 N–H and O–H groups in total. The summed E-state index contributed by atoms with van der Waals surface area (Å²) in [5, 5.41) is 16.2. The molecule has 0 aromatic heterocycles. The minimum absolute atomic E-state index is 0. The fourth-order valence-corrected chi connectivity index (χ4v) is 3.02. The molecule has 0 radical (unpaired) electrons. The SMILES string of the molecule is CCNC(=NCc1ccc(CN2CCC(O)CC2)cc1)NCCCOC.I. The molecule has 1 heterocycles. The lowest BCUT2D eigenvalue weighted by atomic mass is 10.1. The molecule has 0 bridgehead atoms. The number of hydrogen-bond donors (Lipinski definition) is 3. The smallest absolute Gasteiger partial charge is 0.191 e. The maximum absolute atomic E-state index is 9.60. The van der Waals surface area contributed by atoms with E-state index < -0.39 is 0 Å². The van der Waals surface area contributed by atoms with E-state index >= 15 is 0 Å². The Morgan fingerprint density at radius 3 is 2.48 bits per heavy atom. The van der Waals surface area contributed by atoms with Crippen LogP contribution in [-0.2, 0) is 17.8 Å². The number of hydrogen-bond acceptors (Lipinski definition) is 4. The highest BCUT2D eigenvalue weighted by molar-refractivity contribution is 14.0. The number of nitrogens with zero attached hydrogens (tertiary/aromatic N) is 2. The van der Waals surface area contributed by atoms with Crippen molar-refractivity contribution in [2.75, 3.05) is 39.9 Å². The molecule has 1 aromatic rings. The van der Waals surface area contributed by atoms with Crippen LogP contribution >= 0.6 is 24.0 Å². The number of likely N-dealkylation sites (tertiary alicyclic amines) is 1. The van der Waals surface area contributed by atoms with Gasteiger partial charge in [-0.05, 0) is 37.3 Å². The topological polar surface area (TPSA) is 69.1 Å². The van der Waals surface area contributed by atoms with Crippen LogP contribution in [0.4, 0.5) is 0 Å². The van der Waals surface area contributed by atoms with Gasteiger partial charge in [0.1, 0.15) is 0 Å². The highest BCUT2D eigenvalue weighted by Crippen LogP contribution is 2.14. The van der Waals surface area contributed by atoms with Crippen LogP contribution in [0.25, 0.3) is 0 Å². The number of benzene rings is 1. The van der Waals surface area contributed by atoms with Crippen molar-refractivity contribution >= 4 is 29.9 Å². The van der Waals surface area contributed by atoms with Crippen molar-refractivity contribution in [1.29, 1.82) is 0 Å². The predicted octanol–water partition coefficient (Wildman–Crippen LogP) is 2.35. The summed E-state index contributed by atoms with van der Waals surface area (Å²) in [5.74, 6) is 0.847. The standard InChI is InChI=1S/C20H34N4O2.HI/c1-3-21-20(22-11-4-14-26-2)23-15-17-5-7-18(8-6-17)16-24-12-9-19(25)10-13-24;/h5-8,19,25H,3-4,9-16H2,1-2H3,(H2,21,22,23);1H. The summed E-state index contributed by atoms with van der Waals surface area (Å²) in [7, 11) is 1.72. The molecule has 0 amide bonds. The van der Waals surface area contributed by atoms with Crippen molar-refractivity contribution < 1.29 is 9.84 Å². The Labute approximate surface area is 180 Å². The van der Waals surface area contributed by atoms with E-state index in [9.17, 15) is 5.11 Å². The molecule has 1 saturated heterocycles. The van der Waals surface area contributed by atoms with Gasteiger partial charge in [-0.3, -0.25) is 4.90 Å². The van der Waals surface area contributed by atoms with Crippen molar-refractivity contribution in [1.82, 2.24) is 15.5 Å². The molecule has 2 rings (SSSR count). The molecule has 1 fully saturated rings. The monoisotopic (exact) mass is 490 g/mol. The Morgan fingerprint density at radius 2 is 1.85 bits per heavy atom. The van der Waals surface area contributed by atoms with Gasteiger partial charge < -0.3 is 20.5 Å². The van der Waals surface area contributed by atoms with Crippen molar-refractivity contribution in [3.8, 4) is 0 Å². The van der Waals surface area contributed by atoms with Gasteiger partial charge in [0.05, 0.1) is 12.6 Å². The molecule has 154 valence electrons. The molecule has 27 heavy (non-hydrogen) atoms. The number of guanidine groups is 1. The first-order valence-electron chi connectivity index (χ1n) is 9.70. The number of ether oxygens (including phenoxy) is 1. The zero-order valence-electron chi connectivity index (χ0n) is 16.6. The number of halogens is 1. The second-order valence-electron chi connectivity index (χ2n) is 6.79. The van der Waals surface area contributed by atoms with Crippen molar-refractivity contribution in [3.05, 3.63) is 35.4 Å². The minimum Gasteiger partial charge on any atom is -0.393 e. The molecule has 1 aromatic carbocycles.